The van der Waals surface area contributed by atoms with Crippen molar-refractivity contribution in [1.29, 1.82) is 0 Å². The number of piperazine rings is 1. The lowest BCUT2D eigenvalue weighted by Gasteiger charge is -2.34. The van der Waals surface area contributed by atoms with Crippen LogP contribution in [-0.4, -0.2) is 56.5 Å². The molecule has 5 rings (SSSR count). The standard InChI is InChI=1S/C26H27FN6O/c1-18-6-3-7-19(2)24(18)30-26(34)32-14-12-31(13-15-32)17-23-29-22-10-5-11-28-25(22)33(23)21-9-4-8-20(27)16-21/h3-11,16H,12-15,17H2,1-2H3,(H,30,34). The molecule has 174 valence electrons. The number of amides is 2. The number of aromatic nitrogens is 3. The number of rotatable bonds is 4. The van der Waals surface area contributed by atoms with E-state index >= 15 is 0 Å². The molecule has 0 aliphatic carbocycles. The number of anilines is 1. The Labute approximate surface area is 197 Å². The fourth-order valence-corrected chi connectivity index (χ4v) is 4.46. The molecule has 0 atom stereocenters. The number of pyridine rings is 1. The predicted molar refractivity (Wildman–Crippen MR) is 131 cm³/mol. The summed E-state index contributed by atoms with van der Waals surface area (Å²) in [6, 6.07) is 16.2. The number of benzene rings is 2. The van der Waals surface area contributed by atoms with E-state index in [0.717, 1.165) is 41.2 Å². The van der Waals surface area contributed by atoms with E-state index < -0.39 is 0 Å². The first-order valence-electron chi connectivity index (χ1n) is 11.4. The molecular formula is C26H27FN6O. The first-order valence-corrected chi connectivity index (χ1v) is 11.4. The molecule has 2 amide bonds. The molecule has 0 unspecified atom stereocenters. The number of hydrogen-bond acceptors (Lipinski definition) is 4. The van der Waals surface area contributed by atoms with Gasteiger partial charge >= 0.3 is 6.03 Å². The van der Waals surface area contributed by atoms with Crippen LogP contribution < -0.4 is 5.32 Å². The minimum absolute atomic E-state index is 0.0757. The van der Waals surface area contributed by atoms with E-state index in [1.54, 1.807) is 12.3 Å². The molecule has 3 heterocycles. The normalized spacial score (nSPS) is 14.5. The zero-order valence-electron chi connectivity index (χ0n) is 19.3. The van der Waals surface area contributed by atoms with Crippen molar-refractivity contribution in [2.24, 2.45) is 0 Å². The number of para-hydroxylation sites is 1. The van der Waals surface area contributed by atoms with Gasteiger partial charge in [0.2, 0.25) is 0 Å². The highest BCUT2D eigenvalue weighted by molar-refractivity contribution is 5.91. The number of halogens is 1. The van der Waals surface area contributed by atoms with Crippen LogP contribution in [0.4, 0.5) is 14.9 Å². The van der Waals surface area contributed by atoms with Gasteiger partial charge in [-0.3, -0.25) is 9.47 Å². The average Bonchev–Trinajstić information content (AvgIpc) is 3.19. The lowest BCUT2D eigenvalue weighted by Crippen LogP contribution is -2.49. The van der Waals surface area contributed by atoms with Gasteiger partial charge in [-0.05, 0) is 55.3 Å². The van der Waals surface area contributed by atoms with Crippen molar-refractivity contribution in [1.82, 2.24) is 24.3 Å². The molecule has 0 bridgehead atoms. The van der Waals surface area contributed by atoms with Crippen molar-refractivity contribution in [3.05, 3.63) is 83.6 Å². The van der Waals surface area contributed by atoms with E-state index in [0.29, 0.717) is 31.0 Å². The third-order valence-corrected chi connectivity index (χ3v) is 6.29. The Bertz CT molecular complexity index is 1320. The zero-order chi connectivity index (χ0) is 23.7. The van der Waals surface area contributed by atoms with E-state index in [4.69, 9.17) is 4.98 Å². The number of imidazole rings is 1. The van der Waals surface area contributed by atoms with Crippen molar-refractivity contribution >= 4 is 22.9 Å². The Kier molecular flexibility index (Phi) is 5.98. The van der Waals surface area contributed by atoms with E-state index in [2.05, 4.69) is 15.2 Å². The molecular weight excluding hydrogens is 431 g/mol. The molecule has 2 aromatic heterocycles. The number of hydrogen-bond donors (Lipinski definition) is 1. The highest BCUT2D eigenvalue weighted by atomic mass is 19.1. The number of urea groups is 1. The Morgan fingerprint density at radius 2 is 1.74 bits per heavy atom. The Balaban J connectivity index is 1.30. The second kappa shape index (κ2) is 9.23. The molecule has 8 heteroatoms. The lowest BCUT2D eigenvalue weighted by atomic mass is 10.1. The molecule has 34 heavy (non-hydrogen) atoms. The summed E-state index contributed by atoms with van der Waals surface area (Å²) >= 11 is 0. The largest absolute Gasteiger partial charge is 0.322 e. The topological polar surface area (TPSA) is 66.3 Å². The van der Waals surface area contributed by atoms with Gasteiger partial charge in [0, 0.05) is 38.1 Å². The number of carbonyl (C=O) groups excluding carboxylic acids is 1. The molecule has 1 aliphatic heterocycles. The molecule has 7 nitrogen and oxygen atoms in total. The van der Waals surface area contributed by atoms with Crippen LogP contribution >= 0.6 is 0 Å². The first kappa shape index (κ1) is 22.0. The highest BCUT2D eigenvalue weighted by Gasteiger charge is 2.24. The Morgan fingerprint density at radius 3 is 2.47 bits per heavy atom. The first-order chi connectivity index (χ1) is 16.5. The van der Waals surface area contributed by atoms with Gasteiger partial charge in [-0.25, -0.2) is 19.2 Å². The van der Waals surface area contributed by atoms with Crippen LogP contribution in [0, 0.1) is 19.7 Å². The molecule has 0 radical (unpaired) electrons. The number of nitrogens with zero attached hydrogens (tertiary/aromatic N) is 5. The van der Waals surface area contributed by atoms with Gasteiger partial charge in [0.1, 0.15) is 17.2 Å². The molecule has 1 fully saturated rings. The quantitative estimate of drug-likeness (QED) is 0.488. The maximum Gasteiger partial charge on any atom is 0.321 e. The number of aryl methyl sites for hydroxylation is 2. The van der Waals surface area contributed by atoms with Gasteiger partial charge in [-0.15, -0.1) is 0 Å². The van der Waals surface area contributed by atoms with Crippen LogP contribution in [-0.2, 0) is 6.54 Å². The summed E-state index contributed by atoms with van der Waals surface area (Å²) in [6.45, 7) is 7.27. The van der Waals surface area contributed by atoms with Gasteiger partial charge in [-0.1, -0.05) is 24.3 Å². The molecule has 0 saturated carbocycles. The number of nitrogens with one attached hydrogen (secondary N) is 1. The van der Waals surface area contributed by atoms with E-state index in [1.807, 2.05) is 59.7 Å². The molecule has 1 aliphatic rings. The van der Waals surface area contributed by atoms with E-state index in [1.165, 1.54) is 12.1 Å². The van der Waals surface area contributed by atoms with Gasteiger partial charge in [0.05, 0.1) is 12.2 Å². The van der Waals surface area contributed by atoms with Crippen LogP contribution in [0.3, 0.4) is 0 Å². The summed E-state index contributed by atoms with van der Waals surface area (Å²) in [5.74, 6) is 0.498. The van der Waals surface area contributed by atoms with Gasteiger partial charge in [0.25, 0.3) is 0 Å². The van der Waals surface area contributed by atoms with Crippen molar-refractivity contribution in [3.8, 4) is 5.69 Å². The summed E-state index contributed by atoms with van der Waals surface area (Å²) < 4.78 is 15.9. The SMILES string of the molecule is Cc1cccc(C)c1NC(=O)N1CCN(Cc2nc3cccnc3n2-c2cccc(F)c2)CC1. The van der Waals surface area contributed by atoms with Gasteiger partial charge in [0.15, 0.2) is 5.65 Å². The Morgan fingerprint density at radius 1 is 1.00 bits per heavy atom. The lowest BCUT2D eigenvalue weighted by molar-refractivity contribution is 0.140. The van der Waals surface area contributed by atoms with Crippen LogP contribution in [0.5, 0.6) is 0 Å². The van der Waals surface area contributed by atoms with Crippen molar-refractivity contribution < 1.29 is 9.18 Å². The molecule has 2 aromatic carbocycles. The fourth-order valence-electron chi connectivity index (χ4n) is 4.46. The van der Waals surface area contributed by atoms with Crippen molar-refractivity contribution in [3.63, 3.8) is 0 Å². The van der Waals surface area contributed by atoms with Crippen molar-refractivity contribution in [2.45, 2.75) is 20.4 Å². The molecule has 4 aromatic rings. The average molecular weight is 459 g/mol. The maximum atomic E-state index is 14.0. The zero-order valence-corrected chi connectivity index (χ0v) is 19.3. The second-order valence-electron chi connectivity index (χ2n) is 8.65. The molecule has 0 spiro atoms. The van der Waals surface area contributed by atoms with Crippen LogP contribution in [0.15, 0.2) is 60.8 Å². The fraction of sp³-hybridized carbons (Fsp3) is 0.269. The Hall–Kier alpha value is -3.78. The predicted octanol–water partition coefficient (Wildman–Crippen LogP) is 4.53. The second-order valence-corrected chi connectivity index (χ2v) is 8.65. The summed E-state index contributed by atoms with van der Waals surface area (Å²) in [5.41, 5.74) is 5.16. The highest BCUT2D eigenvalue weighted by Crippen LogP contribution is 2.23. The minimum atomic E-state index is -0.301. The van der Waals surface area contributed by atoms with E-state index in [-0.39, 0.29) is 11.8 Å². The maximum absolute atomic E-state index is 14.0. The number of fused-ring (bicyclic) bond motifs is 1. The van der Waals surface area contributed by atoms with Crippen LogP contribution in [0.25, 0.3) is 16.9 Å². The summed E-state index contributed by atoms with van der Waals surface area (Å²) in [5, 5.41) is 3.07. The number of carbonyl (C=O) groups is 1. The van der Waals surface area contributed by atoms with E-state index in [9.17, 15) is 9.18 Å². The summed E-state index contributed by atoms with van der Waals surface area (Å²) in [6.07, 6.45) is 1.72. The summed E-state index contributed by atoms with van der Waals surface area (Å²) in [7, 11) is 0. The third kappa shape index (κ3) is 4.36. The smallest absolute Gasteiger partial charge is 0.321 e. The third-order valence-electron chi connectivity index (χ3n) is 6.29. The van der Waals surface area contributed by atoms with Gasteiger partial charge in [-0.2, -0.15) is 0 Å². The molecule has 1 saturated heterocycles. The van der Waals surface area contributed by atoms with Crippen molar-refractivity contribution in [2.75, 3.05) is 31.5 Å². The summed E-state index contributed by atoms with van der Waals surface area (Å²) in [4.78, 5) is 26.2. The monoisotopic (exact) mass is 458 g/mol. The van der Waals surface area contributed by atoms with Crippen LogP contribution in [0.2, 0.25) is 0 Å². The minimum Gasteiger partial charge on any atom is -0.322 e. The van der Waals surface area contributed by atoms with Gasteiger partial charge < -0.3 is 10.2 Å². The van der Waals surface area contributed by atoms with Crippen LogP contribution in [0.1, 0.15) is 17.0 Å². The molecule has 1 N–H and O–H groups in total.